The van der Waals surface area contributed by atoms with E-state index in [1.807, 2.05) is 7.05 Å². The second kappa shape index (κ2) is 5.99. The zero-order valence-electron chi connectivity index (χ0n) is 11.1. The van der Waals surface area contributed by atoms with Crippen LogP contribution in [0.3, 0.4) is 0 Å². The van der Waals surface area contributed by atoms with Gasteiger partial charge >= 0.3 is 5.97 Å². The van der Waals surface area contributed by atoms with Crippen LogP contribution in [-0.4, -0.2) is 62.5 Å². The Bertz CT molecular complexity index is 283. The molecule has 0 amide bonds. The van der Waals surface area contributed by atoms with Gasteiger partial charge in [0.1, 0.15) is 5.41 Å². The molecule has 2 heterocycles. The van der Waals surface area contributed by atoms with Gasteiger partial charge in [-0.3, -0.25) is 4.79 Å². The number of rotatable bonds is 5. The highest BCUT2D eigenvalue weighted by Gasteiger charge is 2.43. The highest BCUT2D eigenvalue weighted by atomic mass is 16.5. The van der Waals surface area contributed by atoms with Gasteiger partial charge in [-0.1, -0.05) is 0 Å². The van der Waals surface area contributed by atoms with Gasteiger partial charge in [0.05, 0.1) is 6.61 Å². The fourth-order valence-corrected chi connectivity index (χ4v) is 2.92. The Morgan fingerprint density at radius 3 is 2.61 bits per heavy atom. The summed E-state index contributed by atoms with van der Waals surface area (Å²) in [6.45, 7) is 4.13. The van der Waals surface area contributed by atoms with Gasteiger partial charge in [-0.05, 0) is 32.2 Å². The summed E-state index contributed by atoms with van der Waals surface area (Å²) in [5, 5.41) is 9.39. The molecule has 104 valence electrons. The molecule has 0 aliphatic carbocycles. The van der Waals surface area contributed by atoms with Crippen LogP contribution in [0.4, 0.5) is 0 Å². The highest BCUT2D eigenvalue weighted by molar-refractivity contribution is 5.75. The topological polar surface area (TPSA) is 59.0 Å². The standard InChI is InChI=1S/C13H23NO4/c1-14(8-11-2-5-17-6-3-11)9-13(12(15)16)4-7-18-10-13/h11H,2-10H2,1H3,(H,15,16). The molecular weight excluding hydrogens is 234 g/mol. The normalized spacial score (nSPS) is 29.9. The van der Waals surface area contributed by atoms with Crippen molar-refractivity contribution < 1.29 is 19.4 Å². The quantitative estimate of drug-likeness (QED) is 0.790. The number of carboxylic acid groups (broad SMARTS) is 1. The maximum absolute atomic E-state index is 11.4. The van der Waals surface area contributed by atoms with Crippen LogP contribution in [0.25, 0.3) is 0 Å². The van der Waals surface area contributed by atoms with Crippen LogP contribution in [0.15, 0.2) is 0 Å². The van der Waals surface area contributed by atoms with Crippen LogP contribution in [0.1, 0.15) is 19.3 Å². The van der Waals surface area contributed by atoms with Gasteiger partial charge in [0.25, 0.3) is 0 Å². The number of nitrogens with zero attached hydrogens (tertiary/aromatic N) is 1. The predicted octanol–water partition coefficient (Wildman–Crippen LogP) is 0.836. The predicted molar refractivity (Wildman–Crippen MR) is 66.5 cm³/mol. The van der Waals surface area contributed by atoms with Crippen molar-refractivity contribution in [2.24, 2.45) is 11.3 Å². The van der Waals surface area contributed by atoms with Crippen molar-refractivity contribution in [2.45, 2.75) is 19.3 Å². The third-order valence-electron chi connectivity index (χ3n) is 4.04. The van der Waals surface area contributed by atoms with Crippen LogP contribution in [0.2, 0.25) is 0 Å². The van der Waals surface area contributed by atoms with E-state index in [0.29, 0.717) is 32.1 Å². The Kier molecular flexibility index (Phi) is 4.59. The van der Waals surface area contributed by atoms with Crippen LogP contribution >= 0.6 is 0 Å². The van der Waals surface area contributed by atoms with E-state index in [0.717, 1.165) is 32.6 Å². The lowest BCUT2D eigenvalue weighted by Crippen LogP contribution is -2.44. The number of carbonyl (C=O) groups is 1. The summed E-state index contributed by atoms with van der Waals surface area (Å²) in [6, 6.07) is 0. The Balaban J connectivity index is 1.84. The molecular formula is C13H23NO4. The maximum Gasteiger partial charge on any atom is 0.313 e. The minimum absolute atomic E-state index is 0.348. The van der Waals surface area contributed by atoms with Gasteiger partial charge in [0, 0.05) is 32.9 Å². The largest absolute Gasteiger partial charge is 0.481 e. The molecule has 2 rings (SSSR count). The Hall–Kier alpha value is -0.650. The average molecular weight is 257 g/mol. The summed E-state index contributed by atoms with van der Waals surface area (Å²) >= 11 is 0. The summed E-state index contributed by atoms with van der Waals surface area (Å²) in [4.78, 5) is 13.6. The number of hydrogen-bond donors (Lipinski definition) is 1. The first-order valence-corrected chi connectivity index (χ1v) is 6.70. The van der Waals surface area contributed by atoms with Gasteiger partial charge in [-0.15, -0.1) is 0 Å². The summed E-state index contributed by atoms with van der Waals surface area (Å²) < 4.78 is 10.6. The second-order valence-electron chi connectivity index (χ2n) is 5.64. The number of aliphatic carboxylic acids is 1. The molecule has 0 aromatic carbocycles. The number of carboxylic acids is 1. The van der Waals surface area contributed by atoms with E-state index in [1.54, 1.807) is 0 Å². The van der Waals surface area contributed by atoms with Crippen molar-refractivity contribution in [2.75, 3.05) is 46.6 Å². The molecule has 0 aromatic rings. The van der Waals surface area contributed by atoms with E-state index in [1.165, 1.54) is 0 Å². The summed E-state index contributed by atoms with van der Waals surface area (Å²) in [5.74, 6) is -0.0873. The average Bonchev–Trinajstić information content (AvgIpc) is 2.80. The summed E-state index contributed by atoms with van der Waals surface area (Å²) in [6.07, 6.45) is 2.79. The van der Waals surface area contributed by atoms with Crippen molar-refractivity contribution in [3.63, 3.8) is 0 Å². The van der Waals surface area contributed by atoms with Crippen molar-refractivity contribution in [1.29, 1.82) is 0 Å². The van der Waals surface area contributed by atoms with Crippen LogP contribution in [-0.2, 0) is 14.3 Å². The molecule has 0 radical (unpaired) electrons. The first-order chi connectivity index (χ1) is 8.62. The third-order valence-corrected chi connectivity index (χ3v) is 4.04. The monoisotopic (exact) mass is 257 g/mol. The molecule has 1 atom stereocenters. The lowest BCUT2D eigenvalue weighted by atomic mass is 9.86. The smallest absolute Gasteiger partial charge is 0.313 e. The Morgan fingerprint density at radius 2 is 2.06 bits per heavy atom. The SMILES string of the molecule is CN(CC1CCOCC1)CC1(C(=O)O)CCOC1. The first-order valence-electron chi connectivity index (χ1n) is 6.70. The molecule has 2 saturated heterocycles. The van der Waals surface area contributed by atoms with Gasteiger partial charge < -0.3 is 19.5 Å². The van der Waals surface area contributed by atoms with Crippen LogP contribution in [0.5, 0.6) is 0 Å². The Morgan fingerprint density at radius 1 is 1.33 bits per heavy atom. The number of hydrogen-bond acceptors (Lipinski definition) is 4. The summed E-state index contributed by atoms with van der Waals surface area (Å²) in [5.41, 5.74) is -0.695. The molecule has 18 heavy (non-hydrogen) atoms. The fraction of sp³-hybridized carbons (Fsp3) is 0.923. The minimum atomic E-state index is -0.723. The first kappa shape index (κ1) is 13.8. The number of ether oxygens (including phenoxy) is 2. The molecule has 5 heteroatoms. The molecule has 2 aliphatic heterocycles. The van der Waals surface area contributed by atoms with Crippen molar-refractivity contribution in [3.05, 3.63) is 0 Å². The Labute approximate surface area is 108 Å². The fourth-order valence-electron chi connectivity index (χ4n) is 2.92. The minimum Gasteiger partial charge on any atom is -0.481 e. The van der Waals surface area contributed by atoms with E-state index < -0.39 is 11.4 Å². The van der Waals surface area contributed by atoms with E-state index in [9.17, 15) is 9.90 Å². The van der Waals surface area contributed by atoms with Crippen molar-refractivity contribution in [3.8, 4) is 0 Å². The van der Waals surface area contributed by atoms with E-state index >= 15 is 0 Å². The van der Waals surface area contributed by atoms with Gasteiger partial charge in [0.2, 0.25) is 0 Å². The van der Waals surface area contributed by atoms with Crippen LogP contribution < -0.4 is 0 Å². The lowest BCUT2D eigenvalue weighted by molar-refractivity contribution is -0.150. The van der Waals surface area contributed by atoms with Gasteiger partial charge in [-0.2, -0.15) is 0 Å². The van der Waals surface area contributed by atoms with Crippen LogP contribution in [0, 0.1) is 11.3 Å². The summed E-state index contributed by atoms with van der Waals surface area (Å²) in [7, 11) is 2.01. The van der Waals surface area contributed by atoms with E-state index in [4.69, 9.17) is 9.47 Å². The highest BCUT2D eigenvalue weighted by Crippen LogP contribution is 2.30. The molecule has 2 fully saturated rings. The molecule has 2 aliphatic rings. The maximum atomic E-state index is 11.4. The van der Waals surface area contributed by atoms with Gasteiger partial charge in [0.15, 0.2) is 0 Å². The van der Waals surface area contributed by atoms with E-state index in [2.05, 4.69) is 4.90 Å². The van der Waals surface area contributed by atoms with E-state index in [-0.39, 0.29) is 0 Å². The van der Waals surface area contributed by atoms with Crippen molar-refractivity contribution in [1.82, 2.24) is 4.90 Å². The second-order valence-corrected chi connectivity index (χ2v) is 5.64. The molecule has 0 saturated carbocycles. The zero-order chi connectivity index (χ0) is 13.0. The molecule has 1 N–H and O–H groups in total. The van der Waals surface area contributed by atoms with Crippen molar-refractivity contribution >= 4 is 5.97 Å². The molecule has 5 nitrogen and oxygen atoms in total. The third kappa shape index (κ3) is 3.22. The zero-order valence-corrected chi connectivity index (χ0v) is 11.1. The van der Waals surface area contributed by atoms with Gasteiger partial charge in [-0.25, -0.2) is 0 Å². The molecule has 1 unspecified atom stereocenters. The lowest BCUT2D eigenvalue weighted by Gasteiger charge is -2.32. The molecule has 0 aromatic heterocycles. The molecule has 0 spiro atoms. The molecule has 0 bridgehead atoms.